The number of rotatable bonds is 2. The van der Waals surface area contributed by atoms with Gasteiger partial charge in [-0.3, -0.25) is 19.0 Å². The van der Waals surface area contributed by atoms with Crippen LogP contribution in [0.3, 0.4) is 0 Å². The van der Waals surface area contributed by atoms with Crippen molar-refractivity contribution in [1.29, 1.82) is 0 Å². The summed E-state index contributed by atoms with van der Waals surface area (Å²) in [6.07, 6.45) is 0. The van der Waals surface area contributed by atoms with E-state index in [9.17, 15) is 14.4 Å². The van der Waals surface area contributed by atoms with Crippen LogP contribution in [0.5, 0.6) is 5.75 Å². The number of ether oxygens (including phenoxy) is 2. The maximum absolute atomic E-state index is 12.7. The van der Waals surface area contributed by atoms with E-state index in [1.165, 1.54) is 11.8 Å². The molecule has 0 saturated carbocycles. The van der Waals surface area contributed by atoms with E-state index in [-0.39, 0.29) is 35.1 Å². The Morgan fingerprint density at radius 2 is 1.96 bits per heavy atom. The minimum absolute atomic E-state index is 0.0289. The zero-order valence-electron chi connectivity index (χ0n) is 15.0. The van der Waals surface area contributed by atoms with Gasteiger partial charge in [0.1, 0.15) is 12.3 Å². The summed E-state index contributed by atoms with van der Waals surface area (Å²) >= 11 is 2.61. The van der Waals surface area contributed by atoms with Gasteiger partial charge in [-0.15, -0.1) is 11.8 Å². The van der Waals surface area contributed by atoms with Crippen molar-refractivity contribution >= 4 is 35.0 Å². The first-order chi connectivity index (χ1) is 13.6. The second-order valence-electron chi connectivity index (χ2n) is 6.97. The lowest BCUT2D eigenvalue weighted by Gasteiger charge is -2.34. The summed E-state index contributed by atoms with van der Waals surface area (Å²) in [5.41, 5.74) is 0.932. The number of amides is 1. The van der Waals surface area contributed by atoms with E-state index in [1.807, 2.05) is 18.2 Å². The number of thioether (sulfide) groups is 1. The average Bonchev–Trinajstić information content (AvgIpc) is 3.04. The number of carbonyl (C=O) groups is 2. The summed E-state index contributed by atoms with van der Waals surface area (Å²) in [5, 5.41) is 0.808. The highest BCUT2D eigenvalue weighted by Crippen LogP contribution is 2.50. The zero-order chi connectivity index (χ0) is 19.3. The lowest BCUT2D eigenvalue weighted by atomic mass is 9.83. The molecule has 28 heavy (non-hydrogen) atoms. The Bertz CT molecular complexity index is 1010. The van der Waals surface area contributed by atoms with Gasteiger partial charge < -0.3 is 14.4 Å². The summed E-state index contributed by atoms with van der Waals surface area (Å²) < 4.78 is 12.4. The van der Waals surface area contributed by atoms with E-state index in [4.69, 9.17) is 9.47 Å². The number of benzene rings is 1. The van der Waals surface area contributed by atoms with E-state index < -0.39 is 0 Å². The first kappa shape index (κ1) is 18.0. The fourth-order valence-electron chi connectivity index (χ4n) is 3.96. The van der Waals surface area contributed by atoms with E-state index in [2.05, 4.69) is 0 Å². The fourth-order valence-corrected chi connectivity index (χ4v) is 6.63. The number of carbonyl (C=O) groups excluding carboxylic acids is 2. The summed E-state index contributed by atoms with van der Waals surface area (Å²) in [6.45, 7) is 2.19. The summed E-state index contributed by atoms with van der Waals surface area (Å²) in [4.78, 5) is 40.4. The molecule has 2 aromatic rings. The van der Waals surface area contributed by atoms with E-state index in [1.54, 1.807) is 15.5 Å². The van der Waals surface area contributed by atoms with Crippen molar-refractivity contribution in [2.45, 2.75) is 17.5 Å². The maximum Gasteiger partial charge on any atom is 0.316 e. The number of aromatic nitrogens is 1. The van der Waals surface area contributed by atoms with Crippen LogP contribution in [-0.4, -0.2) is 53.4 Å². The topological polar surface area (TPSA) is 77.8 Å². The van der Waals surface area contributed by atoms with Gasteiger partial charge >= 0.3 is 10.8 Å². The molecule has 0 radical (unpaired) electrons. The molecule has 146 valence electrons. The van der Waals surface area contributed by atoms with E-state index >= 15 is 0 Å². The van der Waals surface area contributed by atoms with Gasteiger partial charge in [0, 0.05) is 35.2 Å². The molecule has 2 atom stereocenters. The Morgan fingerprint density at radius 1 is 1.18 bits per heavy atom. The minimum atomic E-state index is -0.311. The van der Waals surface area contributed by atoms with Crippen LogP contribution in [0.4, 0.5) is 0 Å². The third-order valence-corrected chi connectivity index (χ3v) is 7.81. The standard InChI is InChI=1S/C19H18N2O5S2/c22-14(20-5-7-25-8-6-20)9-21-17-16(28-19(21)24)15-11-3-1-2-4-13(11)26-18(23)12(15)10-27-17/h1-4,12,15H,5-10H2. The van der Waals surface area contributed by atoms with Crippen molar-refractivity contribution in [1.82, 2.24) is 9.47 Å². The smallest absolute Gasteiger partial charge is 0.316 e. The molecule has 9 heteroatoms. The van der Waals surface area contributed by atoms with Crippen LogP contribution in [0.25, 0.3) is 0 Å². The van der Waals surface area contributed by atoms with Gasteiger partial charge in [0.05, 0.1) is 24.2 Å². The number of hydrogen-bond donors (Lipinski definition) is 0. The van der Waals surface area contributed by atoms with Crippen molar-refractivity contribution in [3.63, 3.8) is 0 Å². The van der Waals surface area contributed by atoms with Crippen molar-refractivity contribution in [3.8, 4) is 5.75 Å². The van der Waals surface area contributed by atoms with Crippen LogP contribution < -0.4 is 9.61 Å². The molecule has 1 aromatic carbocycles. The van der Waals surface area contributed by atoms with Gasteiger partial charge in [-0.1, -0.05) is 29.5 Å². The number of morpholine rings is 1. The molecule has 1 saturated heterocycles. The first-order valence-electron chi connectivity index (χ1n) is 9.16. The Hall–Kier alpha value is -2.10. The number of thiazole rings is 1. The van der Waals surface area contributed by atoms with Gasteiger partial charge in [0.15, 0.2) is 0 Å². The normalized spacial score (nSPS) is 23.4. The van der Waals surface area contributed by atoms with Crippen molar-refractivity contribution in [2.75, 3.05) is 32.1 Å². The molecular formula is C19H18N2O5S2. The molecule has 7 nitrogen and oxygen atoms in total. The van der Waals surface area contributed by atoms with Crippen LogP contribution in [0.15, 0.2) is 34.1 Å². The van der Waals surface area contributed by atoms with Crippen LogP contribution in [-0.2, 0) is 20.9 Å². The highest BCUT2D eigenvalue weighted by atomic mass is 32.2. The largest absolute Gasteiger partial charge is 0.426 e. The van der Waals surface area contributed by atoms with E-state index in [0.29, 0.717) is 37.8 Å². The van der Waals surface area contributed by atoms with Crippen molar-refractivity contribution in [2.24, 2.45) is 5.92 Å². The number of hydrogen-bond acceptors (Lipinski definition) is 7. The van der Waals surface area contributed by atoms with Crippen LogP contribution >= 0.6 is 23.1 Å². The van der Waals surface area contributed by atoms with Gasteiger partial charge in [0.25, 0.3) is 0 Å². The Kier molecular flexibility index (Phi) is 4.53. The minimum Gasteiger partial charge on any atom is -0.426 e. The van der Waals surface area contributed by atoms with E-state index in [0.717, 1.165) is 26.8 Å². The molecule has 0 N–H and O–H groups in total. The average molecular weight is 418 g/mol. The molecule has 4 heterocycles. The molecule has 0 aliphatic carbocycles. The highest BCUT2D eigenvalue weighted by molar-refractivity contribution is 7.99. The van der Waals surface area contributed by atoms with Crippen molar-refractivity contribution < 1.29 is 19.1 Å². The number of fused-ring (bicyclic) bond motifs is 5. The van der Waals surface area contributed by atoms with Crippen molar-refractivity contribution in [3.05, 3.63) is 44.4 Å². The second kappa shape index (κ2) is 7.06. The monoisotopic (exact) mass is 418 g/mol. The number of nitrogens with zero attached hydrogens (tertiary/aromatic N) is 2. The Labute approximate surface area is 169 Å². The van der Waals surface area contributed by atoms with Gasteiger partial charge in [-0.2, -0.15) is 0 Å². The fraction of sp³-hybridized carbons (Fsp3) is 0.421. The quantitative estimate of drug-likeness (QED) is 0.544. The summed E-state index contributed by atoms with van der Waals surface area (Å²) in [5.74, 6) is 0.270. The molecule has 3 aliphatic heterocycles. The zero-order valence-corrected chi connectivity index (χ0v) is 16.6. The number of para-hydroxylation sites is 1. The molecule has 3 aliphatic rings. The Morgan fingerprint density at radius 3 is 2.79 bits per heavy atom. The highest BCUT2D eigenvalue weighted by Gasteiger charge is 2.44. The molecule has 1 aromatic heterocycles. The predicted octanol–water partition coefficient (Wildman–Crippen LogP) is 1.54. The maximum atomic E-state index is 12.7. The molecule has 1 fully saturated rings. The van der Waals surface area contributed by atoms with Gasteiger partial charge in [0.2, 0.25) is 5.91 Å². The third kappa shape index (κ3) is 2.89. The van der Waals surface area contributed by atoms with Crippen LogP contribution in [0.2, 0.25) is 0 Å². The SMILES string of the molecule is O=C1Oc2ccccc2C2c3sc(=O)n(CC(=O)N4CCOCC4)c3SCC12. The summed E-state index contributed by atoms with van der Waals surface area (Å²) in [7, 11) is 0. The number of esters is 1. The van der Waals surface area contributed by atoms with Crippen LogP contribution in [0, 0.1) is 5.92 Å². The molecule has 0 bridgehead atoms. The molecule has 5 rings (SSSR count). The Balaban J connectivity index is 1.52. The molecule has 2 unspecified atom stereocenters. The molecular weight excluding hydrogens is 400 g/mol. The molecule has 0 spiro atoms. The van der Waals surface area contributed by atoms with Crippen LogP contribution in [0.1, 0.15) is 16.4 Å². The first-order valence-corrected chi connectivity index (χ1v) is 11.0. The van der Waals surface area contributed by atoms with Gasteiger partial charge in [-0.05, 0) is 6.07 Å². The van der Waals surface area contributed by atoms with Gasteiger partial charge in [-0.25, -0.2) is 0 Å². The lowest BCUT2D eigenvalue weighted by molar-refractivity contribution is -0.140. The lowest BCUT2D eigenvalue weighted by Crippen LogP contribution is -2.43. The predicted molar refractivity (Wildman–Crippen MR) is 104 cm³/mol. The summed E-state index contributed by atoms with van der Waals surface area (Å²) in [6, 6.07) is 7.48. The third-order valence-electron chi connectivity index (χ3n) is 5.38. The molecule has 1 amide bonds. The second-order valence-corrected chi connectivity index (χ2v) is 8.97.